The van der Waals surface area contributed by atoms with Gasteiger partial charge >= 0.3 is 0 Å². The molecule has 3 N–H and O–H groups in total. The Balaban J connectivity index is 0.000000149. The Bertz CT molecular complexity index is 914. The first-order chi connectivity index (χ1) is 11.7. The van der Waals surface area contributed by atoms with Crippen LogP contribution in [0, 0.1) is 5.82 Å². The smallest absolute Gasteiger partial charge is 0.133 e. The van der Waals surface area contributed by atoms with E-state index in [2.05, 4.69) is 53.8 Å². The Kier molecular flexibility index (Phi) is 4.62. The number of benzene rings is 4. The predicted octanol–water partition coefficient (Wildman–Crippen LogP) is 5.44. The van der Waals surface area contributed by atoms with Crippen LogP contribution < -0.4 is 11.1 Å². The van der Waals surface area contributed by atoms with E-state index < -0.39 is 0 Å². The molecule has 0 saturated carbocycles. The zero-order chi connectivity index (χ0) is 16.9. The molecular formula is C21H19FN2. The summed E-state index contributed by atoms with van der Waals surface area (Å²) in [6.45, 7) is 0. The molecule has 120 valence electrons. The highest BCUT2D eigenvalue weighted by Gasteiger charge is 2.02. The van der Waals surface area contributed by atoms with Crippen LogP contribution in [0.25, 0.3) is 21.5 Å². The molecule has 4 rings (SSSR count). The van der Waals surface area contributed by atoms with Crippen LogP contribution in [0.1, 0.15) is 0 Å². The lowest BCUT2D eigenvalue weighted by Gasteiger charge is -2.04. The minimum atomic E-state index is -0.280. The number of nitrogens with two attached hydrogens (primary N) is 1. The molecule has 4 aromatic rings. The Hall–Kier alpha value is -3.07. The molecule has 0 saturated heterocycles. The van der Waals surface area contributed by atoms with Crippen LogP contribution in [0.4, 0.5) is 15.8 Å². The number of rotatable bonds is 1. The van der Waals surface area contributed by atoms with Crippen molar-refractivity contribution in [2.45, 2.75) is 0 Å². The largest absolute Gasteiger partial charge is 0.399 e. The maximum atomic E-state index is 13.5. The predicted molar refractivity (Wildman–Crippen MR) is 102 cm³/mol. The molecular weight excluding hydrogens is 299 g/mol. The van der Waals surface area contributed by atoms with Crippen molar-refractivity contribution < 1.29 is 4.39 Å². The van der Waals surface area contributed by atoms with Crippen molar-refractivity contribution in [3.63, 3.8) is 0 Å². The summed E-state index contributed by atoms with van der Waals surface area (Å²) in [7, 11) is 1.80. The summed E-state index contributed by atoms with van der Waals surface area (Å²) in [5.41, 5.74) is 6.88. The van der Waals surface area contributed by atoms with Crippen molar-refractivity contribution in [1.82, 2.24) is 0 Å². The molecule has 4 aromatic carbocycles. The number of nitrogen functional groups attached to an aromatic ring is 1. The maximum Gasteiger partial charge on any atom is 0.133 e. The summed E-state index contributed by atoms with van der Waals surface area (Å²) in [5, 5.41) is 6.99. The van der Waals surface area contributed by atoms with Crippen molar-refractivity contribution in [1.29, 1.82) is 0 Å². The molecule has 0 radical (unpaired) electrons. The number of hydrogen-bond acceptors (Lipinski definition) is 2. The molecule has 0 bridgehead atoms. The molecule has 24 heavy (non-hydrogen) atoms. The highest BCUT2D eigenvalue weighted by Crippen LogP contribution is 2.24. The molecule has 0 aliphatic rings. The minimum absolute atomic E-state index is 0.280. The third-order valence-corrected chi connectivity index (χ3v) is 3.87. The van der Waals surface area contributed by atoms with Crippen LogP contribution in [0.5, 0.6) is 0 Å². The van der Waals surface area contributed by atoms with E-state index in [4.69, 9.17) is 5.73 Å². The molecule has 0 heterocycles. The second kappa shape index (κ2) is 7.01. The van der Waals surface area contributed by atoms with Gasteiger partial charge in [-0.3, -0.25) is 0 Å². The van der Waals surface area contributed by atoms with Gasteiger partial charge in [-0.25, -0.2) is 4.39 Å². The van der Waals surface area contributed by atoms with Gasteiger partial charge in [0.2, 0.25) is 0 Å². The molecule has 0 amide bonds. The average molecular weight is 318 g/mol. The highest BCUT2D eigenvalue weighted by atomic mass is 19.1. The van der Waals surface area contributed by atoms with Gasteiger partial charge < -0.3 is 11.1 Å². The number of halogens is 1. The molecule has 0 atom stereocenters. The van der Waals surface area contributed by atoms with Crippen molar-refractivity contribution >= 4 is 32.9 Å². The third-order valence-electron chi connectivity index (χ3n) is 3.87. The zero-order valence-corrected chi connectivity index (χ0v) is 13.5. The van der Waals surface area contributed by atoms with Crippen LogP contribution in [0.2, 0.25) is 0 Å². The van der Waals surface area contributed by atoms with Gasteiger partial charge in [0, 0.05) is 23.8 Å². The topological polar surface area (TPSA) is 38.0 Å². The number of anilines is 2. The first-order valence-electron chi connectivity index (χ1n) is 7.78. The van der Waals surface area contributed by atoms with Gasteiger partial charge in [0.25, 0.3) is 0 Å². The number of hydrogen-bond donors (Lipinski definition) is 2. The fraction of sp³-hybridized carbons (Fsp3) is 0.0476. The SMILES string of the molecule is CNc1ccc2cc(N)cc(F)c2c1.c1ccc2ccccc2c1. The van der Waals surface area contributed by atoms with E-state index in [1.54, 1.807) is 19.2 Å². The Labute approximate surface area is 140 Å². The molecule has 0 unspecified atom stereocenters. The summed E-state index contributed by atoms with van der Waals surface area (Å²) in [6.07, 6.45) is 0. The van der Waals surface area contributed by atoms with Gasteiger partial charge in [0.1, 0.15) is 5.82 Å². The van der Waals surface area contributed by atoms with Crippen molar-refractivity contribution in [3.05, 3.63) is 84.7 Å². The first-order valence-corrected chi connectivity index (χ1v) is 7.78. The van der Waals surface area contributed by atoms with E-state index in [0.717, 1.165) is 11.1 Å². The van der Waals surface area contributed by atoms with E-state index in [9.17, 15) is 4.39 Å². The average Bonchev–Trinajstić information content (AvgIpc) is 2.62. The standard InChI is InChI=1S/C11H11FN2.C10H8/c1-14-9-3-2-7-4-8(13)5-11(12)10(7)6-9;1-2-6-10-8-4-3-7-9(10)5-1/h2-6,14H,13H2,1H3;1-8H. The summed E-state index contributed by atoms with van der Waals surface area (Å²) < 4.78 is 13.5. The second-order valence-corrected chi connectivity index (χ2v) is 5.54. The van der Waals surface area contributed by atoms with Gasteiger partial charge in [-0.05, 0) is 40.4 Å². The van der Waals surface area contributed by atoms with Gasteiger partial charge in [-0.15, -0.1) is 0 Å². The van der Waals surface area contributed by atoms with E-state index in [0.29, 0.717) is 11.1 Å². The summed E-state index contributed by atoms with van der Waals surface area (Å²) in [4.78, 5) is 0. The number of fused-ring (bicyclic) bond motifs is 2. The lowest BCUT2D eigenvalue weighted by molar-refractivity contribution is 0.640. The summed E-state index contributed by atoms with van der Waals surface area (Å²) in [6, 6.07) is 25.3. The lowest BCUT2D eigenvalue weighted by Crippen LogP contribution is -1.91. The maximum absolute atomic E-state index is 13.5. The molecule has 3 heteroatoms. The van der Waals surface area contributed by atoms with E-state index in [1.807, 2.05) is 12.1 Å². The van der Waals surface area contributed by atoms with Gasteiger partial charge in [-0.2, -0.15) is 0 Å². The monoisotopic (exact) mass is 318 g/mol. The van der Waals surface area contributed by atoms with Gasteiger partial charge in [0.15, 0.2) is 0 Å². The zero-order valence-electron chi connectivity index (χ0n) is 13.5. The number of nitrogens with one attached hydrogen (secondary N) is 1. The molecule has 0 spiro atoms. The van der Waals surface area contributed by atoms with Gasteiger partial charge in [-0.1, -0.05) is 54.6 Å². The minimum Gasteiger partial charge on any atom is -0.399 e. The van der Waals surface area contributed by atoms with Crippen LogP contribution in [-0.4, -0.2) is 7.05 Å². The molecule has 0 fully saturated rings. The quantitative estimate of drug-likeness (QED) is 0.458. The van der Waals surface area contributed by atoms with Crippen LogP contribution in [-0.2, 0) is 0 Å². The Morgan fingerprint density at radius 3 is 1.88 bits per heavy atom. The van der Waals surface area contributed by atoms with E-state index >= 15 is 0 Å². The fourth-order valence-corrected chi connectivity index (χ4v) is 2.62. The van der Waals surface area contributed by atoms with E-state index in [1.165, 1.54) is 16.8 Å². The van der Waals surface area contributed by atoms with Crippen molar-refractivity contribution in [2.24, 2.45) is 0 Å². The Morgan fingerprint density at radius 1 is 0.750 bits per heavy atom. The van der Waals surface area contributed by atoms with Crippen molar-refractivity contribution in [2.75, 3.05) is 18.1 Å². The second-order valence-electron chi connectivity index (χ2n) is 5.54. The van der Waals surface area contributed by atoms with Gasteiger partial charge in [0.05, 0.1) is 0 Å². The van der Waals surface area contributed by atoms with Crippen LogP contribution in [0.15, 0.2) is 78.9 Å². The lowest BCUT2D eigenvalue weighted by atomic mass is 10.1. The molecule has 0 aliphatic carbocycles. The van der Waals surface area contributed by atoms with Crippen LogP contribution >= 0.6 is 0 Å². The highest BCUT2D eigenvalue weighted by molar-refractivity contribution is 5.88. The third kappa shape index (κ3) is 3.46. The normalized spacial score (nSPS) is 10.2. The van der Waals surface area contributed by atoms with Crippen LogP contribution in [0.3, 0.4) is 0 Å². The molecule has 0 aliphatic heterocycles. The molecule has 0 aromatic heterocycles. The summed E-state index contributed by atoms with van der Waals surface area (Å²) in [5.74, 6) is -0.280. The Morgan fingerprint density at radius 2 is 1.33 bits per heavy atom. The first kappa shape index (κ1) is 15.8. The van der Waals surface area contributed by atoms with Crippen molar-refractivity contribution in [3.8, 4) is 0 Å². The fourth-order valence-electron chi connectivity index (χ4n) is 2.62. The van der Waals surface area contributed by atoms with E-state index in [-0.39, 0.29) is 5.82 Å². The summed E-state index contributed by atoms with van der Waals surface area (Å²) >= 11 is 0. The molecule has 2 nitrogen and oxygen atoms in total.